The van der Waals surface area contributed by atoms with Crippen molar-refractivity contribution in [3.63, 3.8) is 0 Å². The fourth-order valence-electron chi connectivity index (χ4n) is 1.88. The van der Waals surface area contributed by atoms with Crippen LogP contribution in [0.5, 0.6) is 5.75 Å². The first-order valence-electron chi connectivity index (χ1n) is 6.19. The number of nitrogens with zero attached hydrogens (tertiary/aromatic N) is 1. The van der Waals surface area contributed by atoms with E-state index in [9.17, 15) is 8.42 Å². The minimum atomic E-state index is -3.89. The van der Waals surface area contributed by atoms with Gasteiger partial charge >= 0.3 is 0 Å². The van der Waals surface area contributed by atoms with Gasteiger partial charge in [0.05, 0.1) is 12.9 Å². The highest BCUT2D eigenvalue weighted by atomic mass is 32.2. The Bertz CT molecular complexity index is 482. The van der Waals surface area contributed by atoms with Crippen LogP contribution in [-0.4, -0.2) is 38.4 Å². The van der Waals surface area contributed by atoms with Crippen LogP contribution in [0.3, 0.4) is 0 Å². The number of hydrogen-bond donors (Lipinski definition) is 1. The van der Waals surface area contributed by atoms with Gasteiger partial charge in [0, 0.05) is 18.3 Å². The summed E-state index contributed by atoms with van der Waals surface area (Å²) in [6.45, 7) is 4.65. The predicted octanol–water partition coefficient (Wildman–Crippen LogP) is 2.19. The summed E-state index contributed by atoms with van der Waals surface area (Å²) in [4.78, 5) is 2.09. The van der Waals surface area contributed by atoms with E-state index >= 15 is 0 Å². The van der Waals surface area contributed by atoms with Gasteiger partial charge in [-0.3, -0.25) is 4.55 Å². The Morgan fingerprint density at radius 3 is 2.26 bits per heavy atom. The summed E-state index contributed by atoms with van der Waals surface area (Å²) >= 11 is 0. The SMILES string of the molecule is COc1ccc(N(CCCS(=O)(=O)O)C(C)C)cc1. The minimum absolute atomic E-state index is 0.216. The van der Waals surface area contributed by atoms with Crippen molar-refractivity contribution in [3.05, 3.63) is 24.3 Å². The highest BCUT2D eigenvalue weighted by Gasteiger charge is 2.12. The fraction of sp³-hybridized carbons (Fsp3) is 0.538. The Hall–Kier alpha value is -1.27. The summed E-state index contributed by atoms with van der Waals surface area (Å²) in [5.41, 5.74) is 1.01. The van der Waals surface area contributed by atoms with Crippen LogP contribution in [0.25, 0.3) is 0 Å². The lowest BCUT2D eigenvalue weighted by Crippen LogP contribution is -2.32. The van der Waals surface area contributed by atoms with Gasteiger partial charge in [0.2, 0.25) is 0 Å². The van der Waals surface area contributed by atoms with Gasteiger partial charge in [0.15, 0.2) is 0 Å². The van der Waals surface area contributed by atoms with Crippen LogP contribution in [0.4, 0.5) is 5.69 Å². The zero-order chi connectivity index (χ0) is 14.5. The van der Waals surface area contributed by atoms with Gasteiger partial charge in [-0.2, -0.15) is 8.42 Å². The number of hydrogen-bond acceptors (Lipinski definition) is 4. The van der Waals surface area contributed by atoms with Gasteiger partial charge in [-0.25, -0.2) is 0 Å². The maximum atomic E-state index is 10.7. The standard InChI is InChI=1S/C13H21NO4S/c1-11(2)14(9-4-10-19(15,16)17)12-5-7-13(18-3)8-6-12/h5-8,11H,4,9-10H2,1-3H3,(H,15,16,17). The zero-order valence-electron chi connectivity index (χ0n) is 11.5. The maximum Gasteiger partial charge on any atom is 0.264 e. The van der Waals surface area contributed by atoms with E-state index in [0.29, 0.717) is 13.0 Å². The van der Waals surface area contributed by atoms with Crippen LogP contribution in [0.15, 0.2) is 24.3 Å². The summed E-state index contributed by atoms with van der Waals surface area (Å²) in [6.07, 6.45) is 0.392. The number of benzene rings is 1. The number of ether oxygens (including phenoxy) is 1. The Kier molecular flexibility index (Phi) is 5.62. The molecule has 0 amide bonds. The predicted molar refractivity (Wildman–Crippen MR) is 76.5 cm³/mol. The van der Waals surface area contributed by atoms with Crippen molar-refractivity contribution in [2.45, 2.75) is 26.3 Å². The van der Waals surface area contributed by atoms with E-state index in [0.717, 1.165) is 11.4 Å². The van der Waals surface area contributed by atoms with Crippen LogP contribution in [0, 0.1) is 0 Å². The van der Waals surface area contributed by atoms with Crippen molar-refractivity contribution in [1.82, 2.24) is 0 Å². The Labute approximate surface area is 114 Å². The lowest BCUT2D eigenvalue weighted by molar-refractivity contribution is 0.415. The van der Waals surface area contributed by atoms with Crippen molar-refractivity contribution in [2.24, 2.45) is 0 Å². The molecule has 0 saturated heterocycles. The minimum Gasteiger partial charge on any atom is -0.497 e. The second-order valence-electron chi connectivity index (χ2n) is 4.62. The summed E-state index contributed by atoms with van der Waals surface area (Å²) in [6, 6.07) is 7.86. The van der Waals surface area contributed by atoms with Gasteiger partial charge in [-0.15, -0.1) is 0 Å². The molecule has 0 unspecified atom stereocenters. The number of anilines is 1. The lowest BCUT2D eigenvalue weighted by Gasteiger charge is -2.29. The Balaban J connectivity index is 2.71. The van der Waals surface area contributed by atoms with Crippen molar-refractivity contribution in [2.75, 3.05) is 24.3 Å². The zero-order valence-corrected chi connectivity index (χ0v) is 12.4. The molecule has 0 saturated carbocycles. The average molecular weight is 287 g/mol. The van der Waals surface area contributed by atoms with E-state index in [2.05, 4.69) is 4.90 Å². The van der Waals surface area contributed by atoms with E-state index in [4.69, 9.17) is 9.29 Å². The molecular weight excluding hydrogens is 266 g/mol. The smallest absolute Gasteiger partial charge is 0.264 e. The fourth-order valence-corrected chi connectivity index (χ4v) is 2.37. The number of methoxy groups -OCH3 is 1. The average Bonchev–Trinajstić information content (AvgIpc) is 2.33. The molecule has 0 aliphatic carbocycles. The molecule has 5 nitrogen and oxygen atoms in total. The maximum absolute atomic E-state index is 10.7. The van der Waals surface area contributed by atoms with Gasteiger partial charge in [-0.05, 0) is 44.5 Å². The van der Waals surface area contributed by atoms with Crippen molar-refractivity contribution < 1.29 is 17.7 Å². The van der Waals surface area contributed by atoms with Gasteiger partial charge in [0.25, 0.3) is 10.1 Å². The molecule has 0 aliphatic heterocycles. The lowest BCUT2D eigenvalue weighted by atomic mass is 10.2. The quantitative estimate of drug-likeness (QED) is 0.779. The molecule has 1 rings (SSSR count). The van der Waals surface area contributed by atoms with Crippen LogP contribution in [0.1, 0.15) is 20.3 Å². The normalized spacial score (nSPS) is 11.6. The second kappa shape index (κ2) is 6.77. The molecular formula is C13H21NO4S. The topological polar surface area (TPSA) is 66.8 Å². The first-order chi connectivity index (χ1) is 8.83. The molecule has 0 aromatic heterocycles. The molecule has 0 bridgehead atoms. The number of rotatable bonds is 7. The molecule has 0 fully saturated rings. The van der Waals surface area contributed by atoms with Crippen molar-refractivity contribution >= 4 is 15.8 Å². The van der Waals surface area contributed by atoms with E-state index in [-0.39, 0.29) is 11.8 Å². The highest BCUT2D eigenvalue weighted by Crippen LogP contribution is 2.21. The molecule has 0 radical (unpaired) electrons. The summed E-state index contributed by atoms with van der Waals surface area (Å²) in [7, 11) is -2.27. The van der Waals surface area contributed by atoms with Crippen LogP contribution in [0.2, 0.25) is 0 Å². The first kappa shape index (κ1) is 15.8. The monoisotopic (exact) mass is 287 g/mol. The molecule has 6 heteroatoms. The molecule has 1 N–H and O–H groups in total. The third kappa shape index (κ3) is 5.48. The summed E-state index contributed by atoms with van der Waals surface area (Å²) < 4.78 is 35.3. The summed E-state index contributed by atoms with van der Waals surface area (Å²) in [5, 5.41) is 0. The van der Waals surface area contributed by atoms with E-state index in [1.54, 1.807) is 7.11 Å². The van der Waals surface area contributed by atoms with Crippen molar-refractivity contribution in [3.8, 4) is 5.75 Å². The molecule has 0 aliphatic rings. The molecule has 0 atom stereocenters. The van der Waals surface area contributed by atoms with Crippen LogP contribution < -0.4 is 9.64 Å². The van der Waals surface area contributed by atoms with Gasteiger partial charge in [-0.1, -0.05) is 0 Å². The second-order valence-corrected chi connectivity index (χ2v) is 6.20. The molecule has 19 heavy (non-hydrogen) atoms. The molecule has 108 valence electrons. The van der Waals surface area contributed by atoms with Crippen LogP contribution >= 0.6 is 0 Å². The molecule has 0 spiro atoms. The third-order valence-electron chi connectivity index (χ3n) is 2.83. The largest absolute Gasteiger partial charge is 0.497 e. The molecule has 1 aromatic carbocycles. The van der Waals surface area contributed by atoms with E-state index < -0.39 is 10.1 Å². The van der Waals surface area contributed by atoms with E-state index in [1.165, 1.54) is 0 Å². The Morgan fingerprint density at radius 2 is 1.84 bits per heavy atom. The molecule has 0 heterocycles. The highest BCUT2D eigenvalue weighted by molar-refractivity contribution is 7.85. The van der Waals surface area contributed by atoms with Crippen molar-refractivity contribution in [1.29, 1.82) is 0 Å². The Morgan fingerprint density at radius 1 is 1.26 bits per heavy atom. The van der Waals surface area contributed by atoms with E-state index in [1.807, 2.05) is 38.1 Å². The third-order valence-corrected chi connectivity index (χ3v) is 3.63. The van der Waals surface area contributed by atoms with Gasteiger partial charge in [0.1, 0.15) is 5.75 Å². The first-order valence-corrected chi connectivity index (χ1v) is 7.80. The van der Waals surface area contributed by atoms with Gasteiger partial charge < -0.3 is 9.64 Å². The molecule has 1 aromatic rings. The summed E-state index contributed by atoms with van der Waals surface area (Å²) in [5.74, 6) is 0.567. The van der Waals surface area contributed by atoms with Crippen LogP contribution in [-0.2, 0) is 10.1 Å².